The van der Waals surface area contributed by atoms with Crippen LogP contribution in [0.5, 0.6) is 0 Å². The number of hydrogen-bond acceptors (Lipinski definition) is 14. The first-order chi connectivity index (χ1) is 27.6. The van der Waals surface area contributed by atoms with Gasteiger partial charge in [-0.25, -0.2) is 26.0 Å². The van der Waals surface area contributed by atoms with E-state index in [0.717, 1.165) is 58.2 Å². The third-order valence-corrected chi connectivity index (χ3v) is 10.1. The molecular formula is C40H54N4O10S4. The van der Waals surface area contributed by atoms with Crippen molar-refractivity contribution >= 4 is 77.5 Å². The molecule has 4 aromatic rings. The van der Waals surface area contributed by atoms with Crippen molar-refractivity contribution in [2.45, 2.75) is 13.1 Å². The van der Waals surface area contributed by atoms with E-state index in [-0.39, 0.29) is 26.4 Å². The SMILES string of the molecule is CS(=O)(=O)[O-].CS(=O)(=O)[O-].OCCN(CCO)c1ccc(/C=C/c2cc[n+](CCSSCC[n+]3ccc(/C=C/c4ccc(N(CCO)CCO)cc4)cc3)cc2)cc1. The van der Waals surface area contributed by atoms with Crippen molar-refractivity contribution in [3.8, 4) is 0 Å². The average molecular weight is 879 g/mol. The Morgan fingerprint density at radius 3 is 0.983 bits per heavy atom. The van der Waals surface area contributed by atoms with Gasteiger partial charge in [0, 0.05) is 74.3 Å². The molecule has 0 bridgehead atoms. The molecule has 2 aromatic heterocycles. The summed E-state index contributed by atoms with van der Waals surface area (Å²) in [6, 6.07) is 24.8. The zero-order valence-corrected chi connectivity index (χ0v) is 36.0. The molecule has 2 heterocycles. The van der Waals surface area contributed by atoms with Crippen LogP contribution in [-0.4, -0.2) is 123 Å². The fraction of sp³-hybridized carbons (Fsp3) is 0.350. The van der Waals surface area contributed by atoms with E-state index in [1.54, 1.807) is 0 Å². The zero-order valence-electron chi connectivity index (χ0n) is 32.7. The number of benzene rings is 2. The number of aromatic nitrogens is 2. The average Bonchev–Trinajstić information content (AvgIpc) is 3.17. The number of rotatable bonds is 21. The lowest BCUT2D eigenvalue weighted by molar-refractivity contribution is -0.692. The predicted molar refractivity (Wildman–Crippen MR) is 233 cm³/mol. The standard InChI is InChI=1S/C38H48N4O4S2.2CH4O3S/c43-27-21-41(22-28-44)37-9-5-33(6-10-37)1-3-35-13-17-39(18-14-35)25-31-47-48-32-26-40-19-15-36(16-20-40)4-2-34-7-11-38(12-8-34)42(23-29-45)24-30-46;2*1-5(2,3)4/h1-20,43-46H,21-32H2;2*1H3,(H,2,3,4)/q+2;;/p-2. The number of aliphatic hydroxyl groups is 4. The van der Waals surface area contributed by atoms with Gasteiger partial charge in [-0.05, 0) is 46.5 Å². The minimum atomic E-state index is -3.92. The molecule has 0 saturated heterocycles. The topological polar surface area (TPSA) is 210 Å². The Hall–Kier alpha value is -3.82. The van der Waals surface area contributed by atoms with Crippen LogP contribution in [0.15, 0.2) is 97.6 Å². The third kappa shape index (κ3) is 24.2. The first kappa shape index (κ1) is 50.3. The van der Waals surface area contributed by atoms with Gasteiger partial charge >= 0.3 is 0 Å². The Morgan fingerprint density at radius 2 is 0.741 bits per heavy atom. The van der Waals surface area contributed by atoms with E-state index in [4.69, 9.17) is 25.9 Å². The molecule has 0 spiro atoms. The second-order valence-electron chi connectivity index (χ2n) is 12.5. The van der Waals surface area contributed by atoms with Crippen LogP contribution in [0.25, 0.3) is 24.3 Å². The summed E-state index contributed by atoms with van der Waals surface area (Å²) in [5, 5.41) is 37.0. The minimum absolute atomic E-state index is 0.0571. The number of pyridine rings is 2. The van der Waals surface area contributed by atoms with Crippen LogP contribution in [-0.2, 0) is 33.3 Å². The lowest BCUT2D eigenvalue weighted by atomic mass is 10.1. The van der Waals surface area contributed by atoms with E-state index in [9.17, 15) is 20.4 Å². The molecule has 0 atom stereocenters. The molecule has 14 nitrogen and oxygen atoms in total. The molecule has 0 amide bonds. The molecule has 0 radical (unpaired) electrons. The molecule has 0 fully saturated rings. The van der Waals surface area contributed by atoms with Gasteiger partial charge in [-0.2, -0.15) is 0 Å². The molecule has 0 aliphatic carbocycles. The Balaban J connectivity index is 0.00000103. The summed E-state index contributed by atoms with van der Waals surface area (Å²) in [6.45, 7) is 4.16. The summed E-state index contributed by atoms with van der Waals surface area (Å²) in [5.41, 5.74) is 6.48. The first-order valence-electron chi connectivity index (χ1n) is 18.2. The number of aliphatic hydroxyl groups excluding tert-OH is 4. The van der Waals surface area contributed by atoms with Crippen LogP contribution in [0.1, 0.15) is 22.3 Å². The quantitative estimate of drug-likeness (QED) is 0.0411. The largest absolute Gasteiger partial charge is 0.748 e. The highest BCUT2D eigenvalue weighted by molar-refractivity contribution is 8.76. The Bertz CT molecular complexity index is 1830. The van der Waals surface area contributed by atoms with Crippen molar-refractivity contribution in [2.24, 2.45) is 0 Å². The molecule has 318 valence electrons. The number of hydrogen-bond donors (Lipinski definition) is 4. The van der Waals surface area contributed by atoms with Crippen LogP contribution < -0.4 is 18.9 Å². The van der Waals surface area contributed by atoms with E-state index in [1.807, 2.05) is 55.7 Å². The number of aryl methyl sites for hydroxylation is 2. The van der Waals surface area contributed by atoms with E-state index in [1.165, 1.54) is 0 Å². The molecule has 4 N–H and O–H groups in total. The third-order valence-electron chi connectivity index (χ3n) is 7.72. The normalized spacial score (nSPS) is 11.5. The van der Waals surface area contributed by atoms with E-state index in [2.05, 4.69) is 107 Å². The van der Waals surface area contributed by atoms with Crippen molar-refractivity contribution in [1.29, 1.82) is 0 Å². The van der Waals surface area contributed by atoms with Gasteiger partial charge in [0.15, 0.2) is 37.9 Å². The van der Waals surface area contributed by atoms with E-state index < -0.39 is 20.2 Å². The van der Waals surface area contributed by atoms with Gasteiger partial charge < -0.3 is 39.3 Å². The molecule has 18 heteroatoms. The monoisotopic (exact) mass is 878 g/mol. The molecule has 0 aliphatic rings. The van der Waals surface area contributed by atoms with Gasteiger partial charge in [0.1, 0.15) is 0 Å². The fourth-order valence-electron chi connectivity index (χ4n) is 5.06. The molecule has 2 aromatic carbocycles. The van der Waals surface area contributed by atoms with Gasteiger partial charge in [0.05, 0.1) is 58.2 Å². The van der Waals surface area contributed by atoms with E-state index >= 15 is 0 Å². The van der Waals surface area contributed by atoms with Gasteiger partial charge in [-0.1, -0.05) is 70.2 Å². The smallest absolute Gasteiger partial charge is 0.169 e. The Kier molecular flexibility index (Phi) is 24.1. The van der Waals surface area contributed by atoms with Crippen molar-refractivity contribution in [3.63, 3.8) is 0 Å². The zero-order chi connectivity index (χ0) is 42.8. The lowest BCUT2D eigenvalue weighted by Crippen LogP contribution is -2.34. The van der Waals surface area contributed by atoms with Crippen molar-refractivity contribution in [1.82, 2.24) is 0 Å². The summed E-state index contributed by atoms with van der Waals surface area (Å²) < 4.78 is 58.9. The molecule has 0 aliphatic heterocycles. The molecule has 4 rings (SSSR count). The van der Waals surface area contributed by atoms with Crippen LogP contribution in [0.3, 0.4) is 0 Å². The predicted octanol–water partition coefficient (Wildman–Crippen LogP) is 2.59. The summed E-state index contributed by atoms with van der Waals surface area (Å²) in [4.78, 5) is 3.94. The lowest BCUT2D eigenvalue weighted by Gasteiger charge is -2.22. The molecule has 0 saturated carbocycles. The van der Waals surface area contributed by atoms with Crippen molar-refractivity contribution in [3.05, 3.63) is 120 Å². The second-order valence-corrected chi connectivity index (χ2v) is 18.0. The van der Waals surface area contributed by atoms with Gasteiger partial charge in [0.2, 0.25) is 0 Å². The van der Waals surface area contributed by atoms with Crippen LogP contribution >= 0.6 is 21.6 Å². The summed E-state index contributed by atoms with van der Waals surface area (Å²) in [6.07, 6.45) is 18.1. The van der Waals surface area contributed by atoms with Gasteiger partial charge in [-0.15, -0.1) is 0 Å². The van der Waals surface area contributed by atoms with Crippen LogP contribution in [0.4, 0.5) is 11.4 Å². The summed E-state index contributed by atoms with van der Waals surface area (Å²) >= 11 is 0. The highest BCUT2D eigenvalue weighted by Crippen LogP contribution is 2.21. The highest BCUT2D eigenvalue weighted by atomic mass is 33.1. The summed E-state index contributed by atoms with van der Waals surface area (Å²) in [5.74, 6) is 2.08. The summed E-state index contributed by atoms with van der Waals surface area (Å²) in [7, 11) is -4.03. The second kappa shape index (κ2) is 27.8. The highest BCUT2D eigenvalue weighted by Gasteiger charge is 2.07. The van der Waals surface area contributed by atoms with Gasteiger partial charge in [-0.3, -0.25) is 0 Å². The minimum Gasteiger partial charge on any atom is -0.748 e. The molecular weight excluding hydrogens is 825 g/mol. The van der Waals surface area contributed by atoms with Crippen molar-refractivity contribution < 1.29 is 55.5 Å². The Labute approximate surface area is 350 Å². The fourth-order valence-corrected chi connectivity index (χ4v) is 7.02. The molecule has 0 unspecified atom stereocenters. The van der Waals surface area contributed by atoms with E-state index in [0.29, 0.717) is 38.7 Å². The van der Waals surface area contributed by atoms with Crippen LogP contribution in [0, 0.1) is 0 Å². The van der Waals surface area contributed by atoms with Crippen LogP contribution in [0.2, 0.25) is 0 Å². The maximum atomic E-state index is 9.26. The number of nitrogens with zero attached hydrogens (tertiary/aromatic N) is 4. The van der Waals surface area contributed by atoms with Crippen molar-refractivity contribution in [2.75, 3.05) is 86.4 Å². The maximum absolute atomic E-state index is 9.26. The van der Waals surface area contributed by atoms with Gasteiger partial charge in [0.25, 0.3) is 0 Å². The molecule has 58 heavy (non-hydrogen) atoms. The maximum Gasteiger partial charge on any atom is 0.169 e. The number of anilines is 2. The Morgan fingerprint density at radius 1 is 0.500 bits per heavy atom. The first-order valence-corrected chi connectivity index (χ1v) is 24.3.